The quantitative estimate of drug-likeness (QED) is 0.657. The SMILES string of the molecule is O=C(CCC(=O)c1ccc2c(c1)OCCO2)NCc1ccccc1CN1CCOCC1. The van der Waals surface area contributed by atoms with E-state index in [1.165, 1.54) is 5.56 Å². The van der Waals surface area contributed by atoms with Crippen molar-refractivity contribution in [3.05, 3.63) is 59.2 Å². The largest absolute Gasteiger partial charge is 0.486 e. The minimum Gasteiger partial charge on any atom is -0.486 e. The van der Waals surface area contributed by atoms with Gasteiger partial charge in [0.2, 0.25) is 5.91 Å². The van der Waals surface area contributed by atoms with Crippen molar-refractivity contribution in [2.75, 3.05) is 39.5 Å². The Hall–Kier alpha value is -2.90. The van der Waals surface area contributed by atoms with Crippen LogP contribution in [0.4, 0.5) is 0 Å². The molecule has 0 aromatic heterocycles. The number of amides is 1. The molecule has 31 heavy (non-hydrogen) atoms. The highest BCUT2D eigenvalue weighted by Crippen LogP contribution is 2.31. The Morgan fingerprint density at radius 2 is 1.61 bits per heavy atom. The van der Waals surface area contributed by atoms with E-state index < -0.39 is 0 Å². The van der Waals surface area contributed by atoms with Gasteiger partial charge < -0.3 is 19.5 Å². The third-order valence-electron chi connectivity index (χ3n) is 5.54. The minimum atomic E-state index is -0.132. The molecule has 0 atom stereocenters. The van der Waals surface area contributed by atoms with Crippen LogP contribution in [0.3, 0.4) is 0 Å². The Labute approximate surface area is 182 Å². The van der Waals surface area contributed by atoms with E-state index in [0.29, 0.717) is 36.8 Å². The average Bonchev–Trinajstić information content (AvgIpc) is 2.82. The van der Waals surface area contributed by atoms with E-state index in [4.69, 9.17) is 14.2 Å². The van der Waals surface area contributed by atoms with Gasteiger partial charge in [-0.25, -0.2) is 0 Å². The fourth-order valence-electron chi connectivity index (χ4n) is 3.75. The molecule has 4 rings (SSSR count). The third-order valence-corrected chi connectivity index (χ3v) is 5.54. The number of morpholine rings is 1. The Bertz CT molecular complexity index is 924. The number of benzene rings is 2. The maximum atomic E-state index is 12.5. The van der Waals surface area contributed by atoms with Crippen molar-refractivity contribution in [2.45, 2.75) is 25.9 Å². The molecule has 7 nitrogen and oxygen atoms in total. The molecule has 2 aliphatic rings. The summed E-state index contributed by atoms with van der Waals surface area (Å²) in [5, 5.41) is 2.95. The van der Waals surface area contributed by atoms with Crippen LogP contribution in [0, 0.1) is 0 Å². The zero-order chi connectivity index (χ0) is 21.5. The average molecular weight is 424 g/mol. The standard InChI is InChI=1S/C24H28N2O5/c27-21(18-5-7-22-23(15-18)31-14-13-30-22)6-8-24(28)25-16-19-3-1-2-4-20(19)17-26-9-11-29-12-10-26/h1-5,7,15H,6,8-14,16-17H2,(H,25,28). The first-order valence-corrected chi connectivity index (χ1v) is 10.8. The number of hydrogen-bond donors (Lipinski definition) is 1. The molecule has 1 N–H and O–H groups in total. The van der Waals surface area contributed by atoms with Gasteiger partial charge in [-0.1, -0.05) is 24.3 Å². The first-order valence-electron chi connectivity index (χ1n) is 10.8. The van der Waals surface area contributed by atoms with Crippen LogP contribution in [0.1, 0.15) is 34.3 Å². The fourth-order valence-corrected chi connectivity index (χ4v) is 3.75. The second-order valence-corrected chi connectivity index (χ2v) is 7.72. The van der Waals surface area contributed by atoms with Gasteiger partial charge >= 0.3 is 0 Å². The number of rotatable bonds is 8. The number of nitrogens with zero attached hydrogens (tertiary/aromatic N) is 1. The van der Waals surface area contributed by atoms with Gasteiger partial charge in [-0.05, 0) is 29.3 Å². The van der Waals surface area contributed by atoms with Crippen LogP contribution in [-0.2, 0) is 22.6 Å². The van der Waals surface area contributed by atoms with Gasteiger partial charge in [-0.15, -0.1) is 0 Å². The van der Waals surface area contributed by atoms with Crippen molar-refractivity contribution in [3.63, 3.8) is 0 Å². The highest BCUT2D eigenvalue weighted by Gasteiger charge is 2.16. The topological polar surface area (TPSA) is 77.1 Å². The lowest BCUT2D eigenvalue weighted by Crippen LogP contribution is -2.36. The number of carbonyl (C=O) groups is 2. The molecule has 2 heterocycles. The number of ketones is 1. The number of Topliss-reactive ketones (excluding diaryl/α,β-unsaturated/α-hetero) is 1. The van der Waals surface area contributed by atoms with Crippen LogP contribution < -0.4 is 14.8 Å². The molecule has 0 spiro atoms. The molecule has 2 aromatic carbocycles. The maximum Gasteiger partial charge on any atom is 0.220 e. The molecule has 2 aliphatic heterocycles. The fraction of sp³-hybridized carbons (Fsp3) is 0.417. The van der Waals surface area contributed by atoms with Gasteiger partial charge in [0.15, 0.2) is 17.3 Å². The highest BCUT2D eigenvalue weighted by molar-refractivity contribution is 5.98. The first-order chi connectivity index (χ1) is 15.2. The molecular weight excluding hydrogens is 396 g/mol. The minimum absolute atomic E-state index is 0.0835. The number of nitrogens with one attached hydrogen (secondary N) is 1. The van der Waals surface area contributed by atoms with Gasteiger partial charge in [0.05, 0.1) is 13.2 Å². The Morgan fingerprint density at radius 3 is 2.42 bits per heavy atom. The molecule has 0 radical (unpaired) electrons. The van der Waals surface area contributed by atoms with Crippen LogP contribution >= 0.6 is 0 Å². The van der Waals surface area contributed by atoms with Gasteiger partial charge in [0.1, 0.15) is 13.2 Å². The van der Waals surface area contributed by atoms with Crippen LogP contribution in [0.15, 0.2) is 42.5 Å². The second-order valence-electron chi connectivity index (χ2n) is 7.72. The monoisotopic (exact) mass is 424 g/mol. The molecule has 0 bridgehead atoms. The van der Waals surface area contributed by atoms with E-state index >= 15 is 0 Å². The summed E-state index contributed by atoms with van der Waals surface area (Å²) in [4.78, 5) is 27.2. The summed E-state index contributed by atoms with van der Waals surface area (Å²) < 4.78 is 16.4. The Balaban J connectivity index is 1.26. The van der Waals surface area contributed by atoms with E-state index in [1.54, 1.807) is 18.2 Å². The van der Waals surface area contributed by atoms with Crippen LogP contribution in [0.2, 0.25) is 0 Å². The number of hydrogen-bond acceptors (Lipinski definition) is 6. The summed E-state index contributed by atoms with van der Waals surface area (Å²) in [6, 6.07) is 13.3. The number of ether oxygens (including phenoxy) is 3. The smallest absolute Gasteiger partial charge is 0.220 e. The zero-order valence-electron chi connectivity index (χ0n) is 17.6. The predicted molar refractivity (Wildman–Crippen MR) is 115 cm³/mol. The van der Waals surface area contributed by atoms with Crippen LogP contribution in [-0.4, -0.2) is 56.1 Å². The third kappa shape index (κ3) is 5.83. The molecule has 1 fully saturated rings. The molecule has 2 aromatic rings. The highest BCUT2D eigenvalue weighted by atomic mass is 16.6. The lowest BCUT2D eigenvalue weighted by Gasteiger charge is -2.27. The zero-order valence-corrected chi connectivity index (χ0v) is 17.6. The summed E-state index contributed by atoms with van der Waals surface area (Å²) in [6.45, 7) is 5.64. The number of carbonyl (C=O) groups excluding carboxylic acids is 2. The van der Waals surface area contributed by atoms with E-state index in [1.807, 2.05) is 18.2 Å². The molecular formula is C24H28N2O5. The van der Waals surface area contributed by atoms with Gasteiger partial charge in [0, 0.05) is 44.6 Å². The lowest BCUT2D eigenvalue weighted by molar-refractivity contribution is -0.121. The molecule has 1 saturated heterocycles. The van der Waals surface area contributed by atoms with E-state index in [-0.39, 0.29) is 24.5 Å². The van der Waals surface area contributed by atoms with Crippen LogP contribution in [0.5, 0.6) is 11.5 Å². The summed E-state index contributed by atoms with van der Waals surface area (Å²) >= 11 is 0. The molecule has 0 saturated carbocycles. The second kappa shape index (κ2) is 10.4. The van der Waals surface area contributed by atoms with E-state index in [0.717, 1.165) is 38.4 Å². The van der Waals surface area contributed by atoms with Gasteiger partial charge in [-0.2, -0.15) is 0 Å². The lowest BCUT2D eigenvalue weighted by atomic mass is 10.0. The Morgan fingerprint density at radius 1 is 0.871 bits per heavy atom. The molecule has 7 heteroatoms. The van der Waals surface area contributed by atoms with Crippen molar-refractivity contribution >= 4 is 11.7 Å². The molecule has 0 aliphatic carbocycles. The van der Waals surface area contributed by atoms with Crippen molar-refractivity contribution in [3.8, 4) is 11.5 Å². The summed E-state index contributed by atoms with van der Waals surface area (Å²) in [6.07, 6.45) is 0.305. The van der Waals surface area contributed by atoms with Crippen molar-refractivity contribution in [2.24, 2.45) is 0 Å². The Kier molecular flexibility index (Phi) is 7.17. The first kappa shape index (κ1) is 21.3. The molecule has 164 valence electrons. The normalized spacial score (nSPS) is 16.0. The summed E-state index contributed by atoms with van der Waals surface area (Å²) in [5.41, 5.74) is 2.84. The number of fused-ring (bicyclic) bond motifs is 1. The maximum absolute atomic E-state index is 12.5. The van der Waals surface area contributed by atoms with Gasteiger partial charge in [-0.3, -0.25) is 14.5 Å². The van der Waals surface area contributed by atoms with Gasteiger partial charge in [0.25, 0.3) is 0 Å². The van der Waals surface area contributed by atoms with Crippen LogP contribution in [0.25, 0.3) is 0 Å². The van der Waals surface area contributed by atoms with Crippen molar-refractivity contribution < 1.29 is 23.8 Å². The molecule has 0 unspecified atom stereocenters. The van der Waals surface area contributed by atoms with Crippen molar-refractivity contribution in [1.82, 2.24) is 10.2 Å². The molecule has 1 amide bonds. The van der Waals surface area contributed by atoms with E-state index in [2.05, 4.69) is 16.3 Å². The van der Waals surface area contributed by atoms with E-state index in [9.17, 15) is 9.59 Å². The summed E-state index contributed by atoms with van der Waals surface area (Å²) in [5.74, 6) is 1.02. The predicted octanol–water partition coefficient (Wildman–Crippen LogP) is 2.57. The summed E-state index contributed by atoms with van der Waals surface area (Å²) in [7, 11) is 0. The van der Waals surface area contributed by atoms with Crippen molar-refractivity contribution in [1.29, 1.82) is 0 Å².